The Morgan fingerprint density at radius 3 is 2.76 bits per heavy atom. The highest BCUT2D eigenvalue weighted by molar-refractivity contribution is 7.92. The predicted molar refractivity (Wildman–Crippen MR) is 81.2 cm³/mol. The molecule has 0 spiro atoms. The van der Waals surface area contributed by atoms with Crippen molar-refractivity contribution in [2.24, 2.45) is 0 Å². The Labute approximate surface area is 124 Å². The minimum Gasteiger partial charge on any atom is -0.496 e. The Morgan fingerprint density at radius 2 is 2.05 bits per heavy atom. The first kappa shape index (κ1) is 13.7. The van der Waals surface area contributed by atoms with Crippen LogP contribution in [0, 0.1) is 0 Å². The molecule has 2 heterocycles. The van der Waals surface area contributed by atoms with Gasteiger partial charge in [0.2, 0.25) is 0 Å². The Morgan fingerprint density at radius 1 is 1.24 bits per heavy atom. The molecule has 0 unspecified atom stereocenters. The smallest absolute Gasteiger partial charge is 0.171 e. The summed E-state index contributed by atoms with van der Waals surface area (Å²) >= 11 is 0.0504. The summed E-state index contributed by atoms with van der Waals surface area (Å²) in [7, 11) is 1.59. The highest BCUT2D eigenvalue weighted by atomic mass is 32.2. The van der Waals surface area contributed by atoms with Crippen LogP contribution in [0.25, 0.3) is 22.2 Å². The van der Waals surface area contributed by atoms with E-state index >= 15 is 0 Å². The quantitative estimate of drug-likeness (QED) is 0.716. The van der Waals surface area contributed by atoms with Crippen LogP contribution in [0.4, 0.5) is 9.70 Å². The van der Waals surface area contributed by atoms with Crippen molar-refractivity contribution in [2.75, 3.05) is 12.6 Å². The number of benzene rings is 1. The summed E-state index contributed by atoms with van der Waals surface area (Å²) in [6, 6.07) is 10.9. The molecule has 2 N–H and O–H groups in total. The lowest BCUT2D eigenvalue weighted by Crippen LogP contribution is -1.94. The van der Waals surface area contributed by atoms with E-state index in [1.807, 2.05) is 29.7 Å². The number of para-hydroxylation sites is 1. The Balaban J connectivity index is 2.28. The van der Waals surface area contributed by atoms with E-state index < -0.39 is 0 Å². The van der Waals surface area contributed by atoms with Crippen LogP contribution in [-0.2, 0) is 0 Å². The number of nitrogens with one attached hydrogen (secondary N) is 1. The Kier molecular flexibility index (Phi) is 3.68. The van der Waals surface area contributed by atoms with Gasteiger partial charge < -0.3 is 4.74 Å². The second-order valence-electron chi connectivity index (χ2n) is 4.32. The summed E-state index contributed by atoms with van der Waals surface area (Å²) in [6.45, 7) is 0. The van der Waals surface area contributed by atoms with Crippen molar-refractivity contribution < 1.29 is 13.8 Å². The van der Waals surface area contributed by atoms with Gasteiger partial charge in [-0.05, 0) is 18.2 Å². The zero-order chi connectivity index (χ0) is 14.8. The molecule has 0 atom stereocenters. The van der Waals surface area contributed by atoms with E-state index in [1.165, 1.54) is 3.97 Å². The van der Waals surface area contributed by atoms with Gasteiger partial charge in [0, 0.05) is 22.7 Å². The third kappa shape index (κ3) is 2.30. The average Bonchev–Trinajstić information content (AvgIpc) is 2.92. The molecule has 0 radical (unpaired) electrons. The largest absolute Gasteiger partial charge is 0.496 e. The van der Waals surface area contributed by atoms with Crippen LogP contribution in [0.5, 0.6) is 5.75 Å². The maximum atomic E-state index is 13.1. The topological polar surface area (TPSA) is 59.3 Å². The summed E-state index contributed by atoms with van der Waals surface area (Å²) < 4.78 is 19.8. The molecule has 0 saturated heterocycles. The van der Waals surface area contributed by atoms with E-state index in [-0.39, 0.29) is 18.2 Å². The van der Waals surface area contributed by atoms with Gasteiger partial charge in [0.05, 0.1) is 7.11 Å². The van der Waals surface area contributed by atoms with Crippen molar-refractivity contribution in [3.05, 3.63) is 42.6 Å². The van der Waals surface area contributed by atoms with Crippen LogP contribution in [0.1, 0.15) is 0 Å². The number of fused-ring (bicyclic) bond motifs is 1. The predicted octanol–water partition coefficient (Wildman–Crippen LogP) is 3.89. The first-order chi connectivity index (χ1) is 10.3. The third-order valence-electron chi connectivity index (χ3n) is 3.21. The standard InChI is InChI=1S/C14H12FN3O2S/c1-20-12-5-3-2-4-9(12)11-8-18(21-15)14-10(11)6-7-13(16-14)17-19/h2-8,19H,1H3,(H,16,17). The fourth-order valence-corrected chi connectivity index (χ4v) is 2.62. The first-order valence-corrected chi connectivity index (χ1v) is 6.80. The molecule has 3 aromatic rings. The van der Waals surface area contributed by atoms with Crippen LogP contribution in [0.2, 0.25) is 0 Å². The van der Waals surface area contributed by atoms with Crippen LogP contribution in [0.3, 0.4) is 0 Å². The molecule has 0 aliphatic heterocycles. The van der Waals surface area contributed by atoms with Gasteiger partial charge in [0.15, 0.2) is 23.8 Å². The van der Waals surface area contributed by atoms with Crippen LogP contribution >= 0.6 is 12.3 Å². The number of ether oxygens (including phenoxy) is 1. The van der Waals surface area contributed by atoms with Gasteiger partial charge in [-0.25, -0.2) is 8.96 Å². The monoisotopic (exact) mass is 305 g/mol. The lowest BCUT2D eigenvalue weighted by molar-refractivity contribution is 0.386. The number of halogens is 1. The van der Waals surface area contributed by atoms with Crippen molar-refractivity contribution in [1.82, 2.24) is 8.96 Å². The number of hydrogen-bond donors (Lipinski definition) is 2. The minimum absolute atomic E-state index is 0.0504. The van der Waals surface area contributed by atoms with E-state index in [1.54, 1.807) is 25.4 Å². The van der Waals surface area contributed by atoms with Crippen LogP contribution in [-0.4, -0.2) is 21.3 Å². The Bertz CT molecular complexity index is 791. The van der Waals surface area contributed by atoms with E-state index in [0.29, 0.717) is 11.4 Å². The number of pyridine rings is 1. The molecule has 0 amide bonds. The molecule has 108 valence electrons. The molecule has 0 aliphatic carbocycles. The van der Waals surface area contributed by atoms with Crippen molar-refractivity contribution in [1.29, 1.82) is 0 Å². The number of nitrogens with zero attached hydrogens (tertiary/aromatic N) is 2. The molecule has 0 bridgehead atoms. The van der Waals surface area contributed by atoms with E-state index in [4.69, 9.17) is 9.94 Å². The molecular weight excluding hydrogens is 293 g/mol. The van der Waals surface area contributed by atoms with Gasteiger partial charge in [-0.3, -0.25) is 10.7 Å². The number of anilines is 1. The summed E-state index contributed by atoms with van der Waals surface area (Å²) in [5.41, 5.74) is 4.04. The maximum absolute atomic E-state index is 13.1. The molecule has 1 aromatic carbocycles. The van der Waals surface area contributed by atoms with E-state index in [2.05, 4.69) is 4.98 Å². The zero-order valence-corrected chi connectivity index (χ0v) is 11.9. The number of aromatic nitrogens is 2. The number of hydrogen-bond acceptors (Lipinski definition) is 5. The van der Waals surface area contributed by atoms with Gasteiger partial charge in [-0.15, -0.1) is 3.89 Å². The molecule has 21 heavy (non-hydrogen) atoms. The lowest BCUT2D eigenvalue weighted by Gasteiger charge is -2.06. The number of rotatable bonds is 4. The summed E-state index contributed by atoms with van der Waals surface area (Å²) in [6.07, 6.45) is 1.65. The van der Waals surface area contributed by atoms with Gasteiger partial charge in [0.25, 0.3) is 0 Å². The van der Waals surface area contributed by atoms with Crippen molar-refractivity contribution >= 4 is 29.2 Å². The second-order valence-corrected chi connectivity index (χ2v) is 4.85. The first-order valence-electron chi connectivity index (χ1n) is 6.13. The summed E-state index contributed by atoms with van der Waals surface area (Å²) in [5, 5.41) is 9.69. The van der Waals surface area contributed by atoms with E-state index in [0.717, 1.165) is 16.5 Å². The van der Waals surface area contributed by atoms with Crippen molar-refractivity contribution in [3.63, 3.8) is 0 Å². The summed E-state index contributed by atoms with van der Waals surface area (Å²) in [4.78, 5) is 4.17. The van der Waals surface area contributed by atoms with Crippen molar-refractivity contribution in [2.45, 2.75) is 0 Å². The molecular formula is C14H12FN3O2S. The Hall–Kier alpha value is -2.25. The van der Waals surface area contributed by atoms with Crippen LogP contribution < -0.4 is 10.2 Å². The van der Waals surface area contributed by atoms with Gasteiger partial charge in [-0.1, -0.05) is 18.2 Å². The average molecular weight is 305 g/mol. The molecule has 0 aliphatic rings. The lowest BCUT2D eigenvalue weighted by atomic mass is 10.0. The molecule has 5 nitrogen and oxygen atoms in total. The van der Waals surface area contributed by atoms with Crippen LogP contribution in [0.15, 0.2) is 42.6 Å². The highest BCUT2D eigenvalue weighted by Crippen LogP contribution is 2.37. The SMILES string of the molecule is COc1ccccc1-c1cn(SF)c2nc(NO)ccc12. The van der Waals surface area contributed by atoms with Crippen molar-refractivity contribution in [3.8, 4) is 16.9 Å². The molecule has 7 heteroatoms. The zero-order valence-electron chi connectivity index (χ0n) is 11.1. The minimum atomic E-state index is 0.0504. The molecule has 3 rings (SSSR count). The molecule has 0 saturated carbocycles. The normalized spacial score (nSPS) is 10.8. The second kappa shape index (κ2) is 5.63. The highest BCUT2D eigenvalue weighted by Gasteiger charge is 2.15. The number of methoxy groups -OCH3 is 1. The fourth-order valence-electron chi connectivity index (χ4n) is 2.27. The molecule has 0 fully saturated rings. The summed E-state index contributed by atoms with van der Waals surface area (Å²) in [5.74, 6) is 0.951. The van der Waals surface area contributed by atoms with Gasteiger partial charge >= 0.3 is 0 Å². The maximum Gasteiger partial charge on any atom is 0.171 e. The molecule has 2 aromatic heterocycles. The van der Waals surface area contributed by atoms with E-state index in [9.17, 15) is 3.89 Å². The fraction of sp³-hybridized carbons (Fsp3) is 0.0714. The van der Waals surface area contributed by atoms with Gasteiger partial charge in [-0.2, -0.15) is 0 Å². The van der Waals surface area contributed by atoms with Gasteiger partial charge in [0.1, 0.15) is 5.75 Å². The third-order valence-corrected chi connectivity index (χ3v) is 3.63.